The monoisotopic (exact) mass is 355 g/mol. The van der Waals surface area contributed by atoms with Crippen molar-refractivity contribution in [2.45, 2.75) is 32.7 Å². The van der Waals surface area contributed by atoms with Gasteiger partial charge in [0.05, 0.1) is 11.9 Å². The lowest BCUT2D eigenvalue weighted by molar-refractivity contribution is 0.492. The molecule has 3 aliphatic heterocycles. The van der Waals surface area contributed by atoms with Gasteiger partial charge in [0.25, 0.3) is 0 Å². The van der Waals surface area contributed by atoms with E-state index >= 15 is 0 Å². The maximum absolute atomic E-state index is 4.49. The Balaban J connectivity index is 0.000000960. The molecule has 0 radical (unpaired) electrons. The van der Waals surface area contributed by atoms with Gasteiger partial charge in [-0.2, -0.15) is 0 Å². The van der Waals surface area contributed by atoms with E-state index in [1.54, 1.807) is 0 Å². The van der Waals surface area contributed by atoms with Gasteiger partial charge in [0.1, 0.15) is 5.65 Å². The van der Waals surface area contributed by atoms with Crippen LogP contribution in [0.15, 0.2) is 24.7 Å². The Morgan fingerprint density at radius 3 is 2.78 bits per heavy atom. The van der Waals surface area contributed by atoms with Gasteiger partial charge in [-0.25, -0.2) is 9.97 Å². The van der Waals surface area contributed by atoms with Crippen molar-refractivity contribution in [3.05, 3.63) is 30.4 Å². The average molecular weight is 356 g/mol. The van der Waals surface area contributed by atoms with Crippen LogP contribution in [0, 0.1) is 5.92 Å². The minimum Gasteiger partial charge on any atom is -0.331 e. The topological polar surface area (TPSA) is 47.2 Å². The Labute approximate surface area is 148 Å². The van der Waals surface area contributed by atoms with Crippen LogP contribution in [-0.2, 0) is 6.54 Å². The van der Waals surface area contributed by atoms with Crippen molar-refractivity contribution in [1.29, 1.82) is 0 Å². The molecular formula is C16H23Cl2N5. The molecule has 1 N–H and O–H groups in total. The lowest BCUT2D eigenvalue weighted by Crippen LogP contribution is -2.13. The molecule has 7 heteroatoms. The molecule has 0 unspecified atom stereocenters. The summed E-state index contributed by atoms with van der Waals surface area (Å²) in [6, 6.07) is 2.07. The molecule has 2 atom stereocenters. The highest BCUT2D eigenvalue weighted by Gasteiger charge is 2.30. The Morgan fingerprint density at radius 2 is 2.04 bits per heavy atom. The third-order valence-electron chi connectivity index (χ3n) is 4.86. The van der Waals surface area contributed by atoms with Crippen LogP contribution in [0.5, 0.6) is 0 Å². The van der Waals surface area contributed by atoms with E-state index < -0.39 is 0 Å². The van der Waals surface area contributed by atoms with Crippen molar-refractivity contribution in [1.82, 2.24) is 24.3 Å². The number of imidazole rings is 1. The molecule has 0 saturated carbocycles. The maximum Gasteiger partial charge on any atom is 0.176 e. The van der Waals surface area contributed by atoms with Gasteiger partial charge in [-0.3, -0.25) is 4.40 Å². The van der Waals surface area contributed by atoms with Crippen LogP contribution >= 0.6 is 24.8 Å². The fraction of sp³-hybridized carbons (Fsp3) is 0.500. The van der Waals surface area contributed by atoms with Crippen molar-refractivity contribution in [3.8, 4) is 11.5 Å². The van der Waals surface area contributed by atoms with E-state index in [1.165, 1.54) is 12.1 Å². The van der Waals surface area contributed by atoms with Gasteiger partial charge in [-0.1, -0.05) is 13.3 Å². The third kappa shape index (κ3) is 2.71. The maximum atomic E-state index is 4.49. The van der Waals surface area contributed by atoms with E-state index in [0.29, 0.717) is 11.8 Å². The molecule has 23 heavy (non-hydrogen) atoms. The molecule has 1 fully saturated rings. The van der Waals surface area contributed by atoms with Gasteiger partial charge in [0, 0.05) is 37.1 Å². The number of hydrogen-bond donors (Lipinski definition) is 1. The first kappa shape index (κ1) is 18.0. The summed E-state index contributed by atoms with van der Waals surface area (Å²) in [4.78, 5) is 8.84. The highest BCUT2D eigenvalue weighted by Crippen LogP contribution is 2.34. The summed E-state index contributed by atoms with van der Waals surface area (Å²) < 4.78 is 4.65. The number of halogens is 2. The Morgan fingerprint density at radius 1 is 1.22 bits per heavy atom. The minimum absolute atomic E-state index is 0. The van der Waals surface area contributed by atoms with Gasteiger partial charge < -0.3 is 9.88 Å². The van der Waals surface area contributed by atoms with E-state index in [-0.39, 0.29) is 24.8 Å². The van der Waals surface area contributed by atoms with Gasteiger partial charge >= 0.3 is 0 Å². The molecule has 4 heterocycles. The summed E-state index contributed by atoms with van der Waals surface area (Å²) in [5, 5.41) is 3.55. The zero-order chi connectivity index (χ0) is 14.4. The van der Waals surface area contributed by atoms with Crippen molar-refractivity contribution in [2.24, 2.45) is 5.92 Å². The number of aryl methyl sites for hydroxylation is 1. The SMILES string of the molecule is CC[C@@H]1CNC[C@@H]1c1cn(CC)c2cnc3nccc-3n12.Cl.Cl. The first-order valence-electron chi connectivity index (χ1n) is 7.85. The summed E-state index contributed by atoms with van der Waals surface area (Å²) in [6.45, 7) is 7.61. The van der Waals surface area contributed by atoms with Crippen molar-refractivity contribution in [3.63, 3.8) is 0 Å². The first-order valence-corrected chi connectivity index (χ1v) is 7.85. The molecule has 0 spiro atoms. The predicted octanol–water partition coefficient (Wildman–Crippen LogP) is 3.21. The number of aromatic nitrogens is 4. The van der Waals surface area contributed by atoms with Gasteiger partial charge in [0.15, 0.2) is 5.82 Å². The molecule has 4 rings (SSSR count). The van der Waals surface area contributed by atoms with Crippen molar-refractivity contribution < 1.29 is 0 Å². The number of nitrogens with one attached hydrogen (secondary N) is 1. The van der Waals surface area contributed by atoms with Crippen LogP contribution in [0.25, 0.3) is 17.2 Å². The fourth-order valence-corrected chi connectivity index (χ4v) is 3.67. The molecule has 0 bridgehead atoms. The van der Waals surface area contributed by atoms with Crippen molar-refractivity contribution in [2.75, 3.05) is 13.1 Å². The smallest absolute Gasteiger partial charge is 0.176 e. The van der Waals surface area contributed by atoms with Crippen LogP contribution in [0.3, 0.4) is 0 Å². The molecule has 1 saturated heterocycles. The largest absolute Gasteiger partial charge is 0.331 e. The summed E-state index contributed by atoms with van der Waals surface area (Å²) in [6.07, 6.45) is 7.32. The van der Waals surface area contributed by atoms with E-state index in [0.717, 1.165) is 36.8 Å². The highest BCUT2D eigenvalue weighted by atomic mass is 35.5. The van der Waals surface area contributed by atoms with E-state index in [9.17, 15) is 0 Å². The molecule has 5 nitrogen and oxygen atoms in total. The minimum atomic E-state index is 0. The summed E-state index contributed by atoms with van der Waals surface area (Å²) >= 11 is 0. The molecule has 3 aliphatic rings. The molecule has 1 aromatic heterocycles. The summed E-state index contributed by atoms with van der Waals surface area (Å²) in [5.41, 5.74) is 3.68. The second-order valence-corrected chi connectivity index (χ2v) is 5.88. The van der Waals surface area contributed by atoms with Gasteiger partial charge in [-0.05, 0) is 25.5 Å². The Kier molecular flexibility index (Phi) is 5.55. The molecule has 1 aromatic rings. The van der Waals surface area contributed by atoms with Gasteiger partial charge in [-0.15, -0.1) is 24.8 Å². The fourth-order valence-electron chi connectivity index (χ4n) is 3.67. The second-order valence-electron chi connectivity index (χ2n) is 5.88. The molecule has 0 aliphatic carbocycles. The molecular weight excluding hydrogens is 333 g/mol. The summed E-state index contributed by atoms with van der Waals surface area (Å²) in [5.74, 6) is 2.11. The van der Waals surface area contributed by atoms with Crippen LogP contribution < -0.4 is 5.32 Å². The Hall–Kier alpha value is -1.30. The standard InChI is InChI=1S/C16H21N5.2ClH/c1-3-11-7-17-8-12(11)14-10-20(4-2)15-9-19-16-13(21(14)15)5-6-18-16;;/h5-6,9-12,17H,3-4,7-8H2,1-2H3;2*1H/t11-,12+;;/m1../s1. The van der Waals surface area contributed by atoms with Crippen molar-refractivity contribution >= 4 is 30.5 Å². The lowest BCUT2D eigenvalue weighted by Gasteiger charge is -2.17. The molecule has 126 valence electrons. The number of hydrogen-bond acceptors (Lipinski definition) is 3. The average Bonchev–Trinajstić information content (AvgIpc) is 3.22. The number of fused-ring (bicyclic) bond motifs is 3. The highest BCUT2D eigenvalue weighted by molar-refractivity contribution is 5.85. The van der Waals surface area contributed by atoms with E-state index in [1.807, 2.05) is 12.4 Å². The lowest BCUT2D eigenvalue weighted by atomic mass is 9.91. The summed E-state index contributed by atoms with van der Waals surface area (Å²) in [7, 11) is 0. The predicted molar refractivity (Wildman–Crippen MR) is 97.2 cm³/mol. The first-order chi connectivity index (χ1) is 10.3. The van der Waals surface area contributed by atoms with E-state index in [4.69, 9.17) is 0 Å². The van der Waals surface area contributed by atoms with Crippen LogP contribution in [0.2, 0.25) is 0 Å². The molecule has 0 aromatic carbocycles. The zero-order valence-corrected chi connectivity index (χ0v) is 15.0. The van der Waals surface area contributed by atoms with E-state index in [2.05, 4.69) is 50.4 Å². The normalized spacial score (nSPS) is 20.6. The molecule has 0 amide bonds. The quantitative estimate of drug-likeness (QED) is 0.784. The Bertz CT molecular complexity index is 750. The van der Waals surface area contributed by atoms with Crippen LogP contribution in [0.1, 0.15) is 31.9 Å². The third-order valence-corrected chi connectivity index (χ3v) is 4.86. The van der Waals surface area contributed by atoms with Gasteiger partial charge in [0.2, 0.25) is 0 Å². The second kappa shape index (κ2) is 7.07. The zero-order valence-electron chi connectivity index (χ0n) is 13.4. The van der Waals surface area contributed by atoms with Crippen LogP contribution in [0.4, 0.5) is 0 Å². The number of nitrogens with zero attached hydrogens (tertiary/aromatic N) is 4. The van der Waals surface area contributed by atoms with Crippen LogP contribution in [-0.4, -0.2) is 32.0 Å². The number of rotatable bonds is 3.